The Morgan fingerprint density at radius 1 is 1.53 bits per heavy atom. The fourth-order valence-electron chi connectivity index (χ4n) is 1.90. The Morgan fingerprint density at radius 3 is 2.71 bits per heavy atom. The Bertz CT molecular complexity index is 330. The quantitative estimate of drug-likeness (QED) is 0.933. The third-order valence-electron chi connectivity index (χ3n) is 2.76. The number of nitrogens with two attached hydrogens (primary N) is 1. The minimum Gasteiger partial charge on any atom is -0.326 e. The molecule has 2 heterocycles. The van der Waals surface area contributed by atoms with Crippen LogP contribution in [0.5, 0.6) is 0 Å². The van der Waals surface area contributed by atoms with E-state index < -0.39 is 0 Å². The van der Waals surface area contributed by atoms with E-state index in [0.717, 1.165) is 26.1 Å². The molecule has 2 rings (SSSR count). The summed E-state index contributed by atoms with van der Waals surface area (Å²) in [5.74, 6) is 0.546. The van der Waals surface area contributed by atoms with Gasteiger partial charge in [0.15, 0.2) is 0 Å². The average Bonchev–Trinajstić information content (AvgIpc) is 2.76. The molecule has 3 nitrogen and oxygen atoms in total. The van der Waals surface area contributed by atoms with E-state index in [-0.39, 0.29) is 24.8 Å². The molecule has 1 aliphatic rings. The first-order valence-corrected chi connectivity index (χ1v) is 6.45. The monoisotopic (exact) mass is 297 g/mol. The van der Waals surface area contributed by atoms with Gasteiger partial charge in [-0.1, -0.05) is 13.8 Å². The first kappa shape index (κ1) is 17.1. The summed E-state index contributed by atoms with van der Waals surface area (Å²) in [6.45, 7) is 7.49. The minimum atomic E-state index is 0. The SMILES string of the molecule is CC(C)c1nc(CN2CC[C@H](N)C2)cs1.Cl.Cl. The van der Waals surface area contributed by atoms with Crippen LogP contribution in [0.3, 0.4) is 0 Å². The zero-order valence-corrected chi connectivity index (χ0v) is 12.7. The van der Waals surface area contributed by atoms with Crippen LogP contribution in [0.4, 0.5) is 0 Å². The van der Waals surface area contributed by atoms with Gasteiger partial charge < -0.3 is 5.73 Å². The van der Waals surface area contributed by atoms with Crippen molar-refractivity contribution in [1.82, 2.24) is 9.88 Å². The number of aromatic nitrogens is 1. The van der Waals surface area contributed by atoms with Gasteiger partial charge in [0.25, 0.3) is 0 Å². The minimum absolute atomic E-state index is 0. The fourth-order valence-corrected chi connectivity index (χ4v) is 2.72. The zero-order valence-electron chi connectivity index (χ0n) is 10.3. The highest BCUT2D eigenvalue weighted by molar-refractivity contribution is 7.09. The van der Waals surface area contributed by atoms with Crippen molar-refractivity contribution in [2.75, 3.05) is 13.1 Å². The number of hydrogen-bond donors (Lipinski definition) is 1. The van der Waals surface area contributed by atoms with Gasteiger partial charge in [-0.15, -0.1) is 36.2 Å². The summed E-state index contributed by atoms with van der Waals surface area (Å²) >= 11 is 1.77. The van der Waals surface area contributed by atoms with E-state index in [1.165, 1.54) is 10.7 Å². The second kappa shape index (κ2) is 7.54. The fraction of sp³-hybridized carbons (Fsp3) is 0.727. The Morgan fingerprint density at radius 2 is 2.24 bits per heavy atom. The lowest BCUT2D eigenvalue weighted by atomic mass is 10.2. The van der Waals surface area contributed by atoms with E-state index in [1.54, 1.807) is 11.3 Å². The van der Waals surface area contributed by atoms with Gasteiger partial charge in [-0.05, 0) is 6.42 Å². The predicted octanol–water partition coefficient (Wildman–Crippen LogP) is 2.64. The van der Waals surface area contributed by atoms with Crippen molar-refractivity contribution in [2.24, 2.45) is 5.73 Å². The first-order chi connectivity index (χ1) is 7.15. The number of hydrogen-bond acceptors (Lipinski definition) is 4. The molecular weight excluding hydrogens is 277 g/mol. The second-order valence-corrected chi connectivity index (χ2v) is 5.51. The van der Waals surface area contributed by atoms with Gasteiger partial charge >= 0.3 is 0 Å². The van der Waals surface area contributed by atoms with Gasteiger partial charge in [-0.2, -0.15) is 0 Å². The van der Waals surface area contributed by atoms with Crippen LogP contribution >= 0.6 is 36.2 Å². The van der Waals surface area contributed by atoms with Crippen molar-refractivity contribution in [3.05, 3.63) is 16.1 Å². The molecule has 0 aromatic carbocycles. The second-order valence-electron chi connectivity index (χ2n) is 4.62. The summed E-state index contributed by atoms with van der Waals surface area (Å²) in [6.07, 6.45) is 1.13. The van der Waals surface area contributed by atoms with Gasteiger partial charge in [0.2, 0.25) is 0 Å². The number of thiazole rings is 1. The maximum absolute atomic E-state index is 5.87. The summed E-state index contributed by atoms with van der Waals surface area (Å²) in [7, 11) is 0. The van der Waals surface area contributed by atoms with E-state index in [9.17, 15) is 0 Å². The molecule has 0 saturated carbocycles. The molecule has 0 unspecified atom stereocenters. The Balaban J connectivity index is 0.00000128. The lowest BCUT2D eigenvalue weighted by molar-refractivity contribution is 0.323. The van der Waals surface area contributed by atoms with Crippen LogP contribution in [0.2, 0.25) is 0 Å². The summed E-state index contributed by atoms with van der Waals surface area (Å²) in [5, 5.41) is 3.42. The third kappa shape index (κ3) is 4.72. The third-order valence-corrected chi connectivity index (χ3v) is 3.95. The molecule has 1 aromatic rings. The molecule has 0 bridgehead atoms. The summed E-state index contributed by atoms with van der Waals surface area (Å²) < 4.78 is 0. The topological polar surface area (TPSA) is 42.2 Å². The Kier molecular flexibility index (Phi) is 7.60. The van der Waals surface area contributed by atoms with Gasteiger partial charge in [0, 0.05) is 37.0 Å². The normalized spacial score (nSPS) is 20.1. The molecule has 0 aliphatic carbocycles. The van der Waals surface area contributed by atoms with Gasteiger partial charge in [-0.25, -0.2) is 4.98 Å². The molecule has 1 fully saturated rings. The lowest BCUT2D eigenvalue weighted by Crippen LogP contribution is -2.26. The molecule has 1 saturated heterocycles. The van der Waals surface area contributed by atoms with E-state index in [1.807, 2.05) is 0 Å². The van der Waals surface area contributed by atoms with Gasteiger partial charge in [0.1, 0.15) is 0 Å². The predicted molar refractivity (Wildman–Crippen MR) is 78.6 cm³/mol. The van der Waals surface area contributed by atoms with Crippen LogP contribution in [0, 0.1) is 0 Å². The molecule has 0 radical (unpaired) electrons. The molecule has 0 spiro atoms. The largest absolute Gasteiger partial charge is 0.326 e. The summed E-state index contributed by atoms with van der Waals surface area (Å²) in [5.41, 5.74) is 7.08. The highest BCUT2D eigenvalue weighted by atomic mass is 35.5. The van der Waals surface area contributed by atoms with Crippen LogP contribution in [0.15, 0.2) is 5.38 Å². The molecule has 2 N–H and O–H groups in total. The van der Waals surface area contributed by atoms with Crippen molar-refractivity contribution in [2.45, 2.75) is 38.8 Å². The van der Waals surface area contributed by atoms with E-state index in [2.05, 4.69) is 29.1 Å². The van der Waals surface area contributed by atoms with Crippen molar-refractivity contribution in [3.8, 4) is 0 Å². The number of likely N-dealkylation sites (tertiary alicyclic amines) is 1. The van der Waals surface area contributed by atoms with Crippen molar-refractivity contribution in [1.29, 1.82) is 0 Å². The van der Waals surface area contributed by atoms with Crippen molar-refractivity contribution < 1.29 is 0 Å². The highest BCUT2D eigenvalue weighted by Crippen LogP contribution is 2.20. The summed E-state index contributed by atoms with van der Waals surface area (Å²) in [6, 6.07) is 0.369. The molecule has 17 heavy (non-hydrogen) atoms. The Labute approximate surface area is 120 Å². The molecule has 1 aliphatic heterocycles. The van der Waals surface area contributed by atoms with Gasteiger partial charge in [0.05, 0.1) is 10.7 Å². The molecule has 1 aromatic heterocycles. The van der Waals surface area contributed by atoms with Crippen LogP contribution in [-0.2, 0) is 6.54 Å². The van der Waals surface area contributed by atoms with Crippen molar-refractivity contribution >= 4 is 36.2 Å². The molecular formula is C11H21Cl2N3S. The Hall–Kier alpha value is 0.130. The van der Waals surface area contributed by atoms with E-state index in [4.69, 9.17) is 5.73 Å². The smallest absolute Gasteiger partial charge is 0.0954 e. The summed E-state index contributed by atoms with van der Waals surface area (Å²) in [4.78, 5) is 7.03. The van der Waals surface area contributed by atoms with Crippen LogP contribution < -0.4 is 5.73 Å². The number of halogens is 2. The van der Waals surface area contributed by atoms with Crippen LogP contribution in [0.25, 0.3) is 0 Å². The van der Waals surface area contributed by atoms with Crippen LogP contribution in [0.1, 0.15) is 36.9 Å². The maximum Gasteiger partial charge on any atom is 0.0954 e. The maximum atomic E-state index is 5.87. The lowest BCUT2D eigenvalue weighted by Gasteiger charge is -2.12. The first-order valence-electron chi connectivity index (χ1n) is 5.57. The van der Waals surface area contributed by atoms with Crippen LogP contribution in [-0.4, -0.2) is 29.0 Å². The van der Waals surface area contributed by atoms with E-state index in [0.29, 0.717) is 12.0 Å². The average molecular weight is 298 g/mol. The van der Waals surface area contributed by atoms with E-state index >= 15 is 0 Å². The zero-order chi connectivity index (χ0) is 10.8. The number of rotatable bonds is 3. The molecule has 0 amide bonds. The number of nitrogens with zero attached hydrogens (tertiary/aromatic N) is 2. The van der Waals surface area contributed by atoms with Gasteiger partial charge in [-0.3, -0.25) is 4.90 Å². The molecule has 6 heteroatoms. The van der Waals surface area contributed by atoms with Crippen molar-refractivity contribution in [3.63, 3.8) is 0 Å². The highest BCUT2D eigenvalue weighted by Gasteiger charge is 2.19. The molecule has 100 valence electrons. The standard InChI is InChI=1S/C11H19N3S.2ClH/c1-8(2)11-13-10(7-15-11)6-14-4-3-9(12)5-14;;/h7-9H,3-6,12H2,1-2H3;2*1H/t9-;;/m0../s1. The molecule has 1 atom stereocenters.